The molecule has 2 saturated heterocycles. The lowest BCUT2D eigenvalue weighted by atomic mass is 10.0. The number of piperazine rings is 1. The van der Waals surface area contributed by atoms with Gasteiger partial charge in [0.05, 0.1) is 11.4 Å². The van der Waals surface area contributed by atoms with Crippen LogP contribution >= 0.6 is 23.7 Å². The number of pyridine rings is 1. The molecule has 2 aliphatic heterocycles. The molecule has 0 bridgehead atoms. The minimum absolute atomic E-state index is 0.356. The van der Waals surface area contributed by atoms with Crippen LogP contribution in [0.1, 0.15) is 12.8 Å². The van der Waals surface area contributed by atoms with Crippen LogP contribution in [0.15, 0.2) is 67.1 Å². The molecule has 7 nitrogen and oxygen atoms in total. The Labute approximate surface area is 231 Å². The van der Waals surface area contributed by atoms with Crippen molar-refractivity contribution in [2.75, 3.05) is 48.9 Å². The lowest BCUT2D eigenvalue weighted by Crippen LogP contribution is -2.43. The first-order valence-corrected chi connectivity index (χ1v) is 14.0. The van der Waals surface area contributed by atoms with Crippen molar-refractivity contribution in [1.29, 1.82) is 0 Å². The number of nitrogens with zero attached hydrogens (tertiary/aromatic N) is 5. The highest BCUT2D eigenvalue weighted by atomic mass is 35.5. The highest BCUT2D eigenvalue weighted by molar-refractivity contribution is 7.98. The number of benzene rings is 2. The van der Waals surface area contributed by atoms with Crippen LogP contribution in [0.4, 0.5) is 15.8 Å². The molecule has 2 aliphatic rings. The Kier molecular flexibility index (Phi) is 7.51. The van der Waals surface area contributed by atoms with Crippen molar-refractivity contribution in [2.45, 2.75) is 12.8 Å². The number of hydrogen-bond acceptors (Lipinski definition) is 7. The highest BCUT2D eigenvalue weighted by Crippen LogP contribution is 2.38. The topological polar surface area (TPSA) is 61.2 Å². The normalized spacial score (nSPS) is 16.2. The Morgan fingerprint density at radius 2 is 1.61 bits per heavy atom. The second kappa shape index (κ2) is 11.3. The summed E-state index contributed by atoms with van der Waals surface area (Å²) in [6.07, 6.45) is 7.62. The molecule has 0 atom stereocenters. The van der Waals surface area contributed by atoms with E-state index >= 15 is 4.39 Å². The van der Waals surface area contributed by atoms with E-state index in [9.17, 15) is 0 Å². The van der Waals surface area contributed by atoms with Gasteiger partial charge in [-0.15, -0.1) is 0 Å². The smallest absolute Gasteiger partial charge is 0.155 e. The van der Waals surface area contributed by atoms with Gasteiger partial charge in [0.15, 0.2) is 5.82 Å². The molecule has 4 aromatic rings. The average molecular weight is 550 g/mol. The summed E-state index contributed by atoms with van der Waals surface area (Å²) in [5.41, 5.74) is 5.02. The van der Waals surface area contributed by atoms with E-state index in [4.69, 9.17) is 16.7 Å². The zero-order valence-electron chi connectivity index (χ0n) is 20.9. The number of aromatic nitrogens is 3. The van der Waals surface area contributed by atoms with Crippen LogP contribution in [0.2, 0.25) is 5.02 Å². The van der Waals surface area contributed by atoms with Gasteiger partial charge >= 0.3 is 0 Å². The largest absolute Gasteiger partial charge is 0.369 e. The molecule has 0 spiro atoms. The van der Waals surface area contributed by atoms with Gasteiger partial charge in [0.2, 0.25) is 0 Å². The predicted octanol–water partition coefficient (Wildman–Crippen LogP) is 5.87. The van der Waals surface area contributed by atoms with Gasteiger partial charge in [-0.05, 0) is 61.4 Å². The minimum Gasteiger partial charge on any atom is -0.369 e. The highest BCUT2D eigenvalue weighted by Gasteiger charge is 2.21. The molecule has 2 aromatic carbocycles. The van der Waals surface area contributed by atoms with Crippen LogP contribution in [-0.2, 0) is 0 Å². The maximum atomic E-state index is 16.0. The maximum Gasteiger partial charge on any atom is 0.155 e. The third-order valence-corrected chi connectivity index (χ3v) is 8.09. The third-order valence-electron chi connectivity index (χ3n) is 6.94. The molecule has 6 rings (SSSR count). The molecule has 4 heterocycles. The van der Waals surface area contributed by atoms with Crippen molar-refractivity contribution < 1.29 is 4.39 Å². The summed E-state index contributed by atoms with van der Waals surface area (Å²) >= 11 is 7.93. The van der Waals surface area contributed by atoms with E-state index in [1.807, 2.05) is 18.3 Å². The molecule has 0 saturated carbocycles. The summed E-state index contributed by atoms with van der Waals surface area (Å²) in [6, 6.07) is 15.4. The molecule has 196 valence electrons. The summed E-state index contributed by atoms with van der Waals surface area (Å²) in [6.45, 7) is 5.91. The Balaban J connectivity index is 1.37. The van der Waals surface area contributed by atoms with E-state index < -0.39 is 0 Å². The van der Waals surface area contributed by atoms with Crippen molar-refractivity contribution in [3.05, 3.63) is 78.0 Å². The number of halogens is 2. The SMILES string of the molecule is Fc1c(NSN2CCCC2)cc(Cl)cc1-c1cn(-c2ccc(N3CCNCC3)cc2)nc1-c1ccncc1. The zero-order chi connectivity index (χ0) is 25.9. The first-order chi connectivity index (χ1) is 18.7. The summed E-state index contributed by atoms with van der Waals surface area (Å²) in [7, 11) is 0. The van der Waals surface area contributed by atoms with Crippen LogP contribution in [-0.4, -0.2) is 58.3 Å². The van der Waals surface area contributed by atoms with Crippen molar-refractivity contribution >= 4 is 35.1 Å². The summed E-state index contributed by atoms with van der Waals surface area (Å²) in [5, 5.41) is 8.75. The minimum atomic E-state index is -0.356. The van der Waals surface area contributed by atoms with Crippen molar-refractivity contribution in [1.82, 2.24) is 24.4 Å². The van der Waals surface area contributed by atoms with Crippen LogP contribution in [0.25, 0.3) is 28.1 Å². The molecule has 2 fully saturated rings. The van der Waals surface area contributed by atoms with Gasteiger partial charge in [-0.2, -0.15) is 5.10 Å². The van der Waals surface area contributed by atoms with Gasteiger partial charge in [0.25, 0.3) is 0 Å². The Hall–Kier alpha value is -3.11. The van der Waals surface area contributed by atoms with Crippen molar-refractivity contribution in [3.63, 3.8) is 0 Å². The monoisotopic (exact) mass is 549 g/mol. The fraction of sp³-hybridized carbons (Fsp3) is 0.286. The van der Waals surface area contributed by atoms with Crippen LogP contribution in [0, 0.1) is 5.82 Å². The molecule has 0 amide bonds. The Bertz CT molecular complexity index is 1380. The summed E-state index contributed by atoms with van der Waals surface area (Å²) in [5.74, 6) is -0.356. The molecule has 10 heteroatoms. The van der Waals surface area contributed by atoms with Crippen molar-refractivity contribution in [2.24, 2.45) is 0 Å². The Morgan fingerprint density at radius 1 is 0.895 bits per heavy atom. The molecule has 0 radical (unpaired) electrons. The molecule has 0 unspecified atom stereocenters. The van der Waals surface area contributed by atoms with Gasteiger partial charge in [-0.25, -0.2) is 13.4 Å². The van der Waals surface area contributed by atoms with E-state index in [2.05, 4.69) is 48.5 Å². The quantitative estimate of drug-likeness (QED) is 0.279. The van der Waals surface area contributed by atoms with Gasteiger partial charge in [0.1, 0.15) is 5.69 Å². The first-order valence-electron chi connectivity index (χ1n) is 12.9. The molecule has 2 aromatic heterocycles. The standard InChI is InChI=1S/C28H29ClFN7S/c29-21-17-24(27(30)26(18-21)34-38-36-13-1-2-14-36)25-19-37(33-28(25)20-7-9-31-10-8-20)23-5-3-22(4-6-23)35-15-11-32-12-16-35/h3-10,17-19,32,34H,1-2,11-16H2. The van der Waals surface area contributed by atoms with Gasteiger partial charge < -0.3 is 14.9 Å². The van der Waals surface area contributed by atoms with Crippen LogP contribution in [0.3, 0.4) is 0 Å². The second-order valence-electron chi connectivity index (χ2n) is 9.47. The average Bonchev–Trinajstić information content (AvgIpc) is 3.65. The van der Waals surface area contributed by atoms with Gasteiger partial charge in [-0.3, -0.25) is 4.98 Å². The van der Waals surface area contributed by atoms with Crippen molar-refractivity contribution in [3.8, 4) is 28.1 Å². The number of hydrogen-bond donors (Lipinski definition) is 2. The third kappa shape index (κ3) is 5.37. The molecular weight excluding hydrogens is 521 g/mol. The zero-order valence-corrected chi connectivity index (χ0v) is 22.5. The first kappa shape index (κ1) is 25.2. The second-order valence-corrected chi connectivity index (χ2v) is 10.8. The summed E-state index contributed by atoms with van der Waals surface area (Å²) < 4.78 is 23.1. The number of anilines is 2. The lowest BCUT2D eigenvalue weighted by Gasteiger charge is -2.29. The lowest BCUT2D eigenvalue weighted by molar-refractivity contribution is 0.588. The fourth-order valence-electron chi connectivity index (χ4n) is 4.92. The molecule has 38 heavy (non-hydrogen) atoms. The number of rotatable bonds is 7. The van der Waals surface area contributed by atoms with Gasteiger partial charge in [-0.1, -0.05) is 11.6 Å². The van der Waals surface area contributed by atoms with E-state index in [1.165, 1.54) is 17.8 Å². The van der Waals surface area contributed by atoms with E-state index in [1.54, 1.807) is 29.2 Å². The maximum absolute atomic E-state index is 16.0. The van der Waals surface area contributed by atoms with Crippen LogP contribution < -0.4 is 14.9 Å². The van der Waals surface area contributed by atoms with Crippen LogP contribution in [0.5, 0.6) is 0 Å². The summed E-state index contributed by atoms with van der Waals surface area (Å²) in [4.78, 5) is 6.51. The molecule has 0 aliphatic carbocycles. The van der Waals surface area contributed by atoms with E-state index in [0.717, 1.165) is 63.4 Å². The fourth-order valence-corrected chi connectivity index (χ4v) is 5.95. The molecular formula is C28H29ClFN7S. The Morgan fingerprint density at radius 3 is 2.34 bits per heavy atom. The van der Waals surface area contributed by atoms with Gasteiger partial charge in [0, 0.05) is 97.4 Å². The molecule has 2 N–H and O–H groups in total. The number of nitrogens with one attached hydrogen (secondary N) is 2. The van der Waals surface area contributed by atoms with E-state index in [0.29, 0.717) is 27.5 Å². The van der Waals surface area contributed by atoms with E-state index in [-0.39, 0.29) is 5.82 Å². The predicted molar refractivity (Wildman–Crippen MR) is 154 cm³/mol.